The largest absolute Gasteiger partial charge is 0.340 e. The minimum absolute atomic E-state index is 0.0592. The van der Waals surface area contributed by atoms with E-state index in [1.807, 2.05) is 12.1 Å². The fourth-order valence-electron chi connectivity index (χ4n) is 2.84. The molecule has 0 saturated carbocycles. The Kier molecular flexibility index (Phi) is 7.02. The van der Waals surface area contributed by atoms with Crippen molar-refractivity contribution in [3.05, 3.63) is 94.5 Å². The van der Waals surface area contributed by atoms with Crippen LogP contribution in [-0.4, -0.2) is 32.8 Å². The van der Waals surface area contributed by atoms with Gasteiger partial charge in [0, 0.05) is 23.6 Å². The molecule has 0 fully saturated rings. The van der Waals surface area contributed by atoms with Gasteiger partial charge in [-0.05, 0) is 54.1 Å². The summed E-state index contributed by atoms with van der Waals surface area (Å²) in [6, 6.07) is 21.5. The highest BCUT2D eigenvalue weighted by atomic mass is 35.5. The molecule has 0 spiro atoms. The smallest absolute Gasteiger partial charge is 0.264 e. The number of likely N-dealkylation sites (N-methyl/N-ethyl adjacent to an activating group) is 1. The third-order valence-electron chi connectivity index (χ3n) is 4.48. The second-order valence-electron chi connectivity index (χ2n) is 6.68. The zero-order valence-electron chi connectivity index (χ0n) is 16.2. The first-order chi connectivity index (χ1) is 14.3. The number of rotatable bonds is 7. The zero-order valence-corrected chi connectivity index (χ0v) is 18.5. The maximum atomic E-state index is 13.3. The number of hydrogen-bond donors (Lipinski definition) is 0. The second kappa shape index (κ2) is 9.51. The number of benzene rings is 3. The van der Waals surface area contributed by atoms with Crippen molar-refractivity contribution in [3.8, 4) is 0 Å². The quantitative estimate of drug-likeness (QED) is 0.504. The minimum atomic E-state index is -3.97. The standard InChI is InChI=1S/C22H20Cl2N2O3S/c1-25(15-17-7-9-18(23)10-8-17)22(27)16-26(20-5-3-2-4-6-20)30(28,29)21-13-11-19(24)12-14-21/h2-14H,15-16H2,1H3. The van der Waals surface area contributed by atoms with Crippen LogP contribution < -0.4 is 4.31 Å². The lowest BCUT2D eigenvalue weighted by molar-refractivity contribution is -0.128. The summed E-state index contributed by atoms with van der Waals surface area (Å²) < 4.78 is 27.7. The summed E-state index contributed by atoms with van der Waals surface area (Å²) in [7, 11) is -2.33. The molecular weight excluding hydrogens is 443 g/mol. The SMILES string of the molecule is CN(Cc1ccc(Cl)cc1)C(=O)CN(c1ccccc1)S(=O)(=O)c1ccc(Cl)cc1. The molecule has 0 heterocycles. The molecule has 0 radical (unpaired) electrons. The fraction of sp³-hybridized carbons (Fsp3) is 0.136. The normalized spacial score (nSPS) is 11.2. The predicted molar refractivity (Wildman–Crippen MR) is 120 cm³/mol. The Morgan fingerprint density at radius 3 is 1.93 bits per heavy atom. The van der Waals surface area contributed by atoms with E-state index in [4.69, 9.17) is 23.2 Å². The highest BCUT2D eigenvalue weighted by Crippen LogP contribution is 2.25. The number of nitrogens with zero attached hydrogens (tertiary/aromatic N) is 2. The van der Waals surface area contributed by atoms with E-state index < -0.39 is 10.0 Å². The number of hydrogen-bond acceptors (Lipinski definition) is 3. The molecule has 0 aliphatic carbocycles. The van der Waals surface area contributed by atoms with E-state index in [9.17, 15) is 13.2 Å². The van der Waals surface area contributed by atoms with Gasteiger partial charge in [0.1, 0.15) is 6.54 Å². The molecule has 1 amide bonds. The molecule has 0 aliphatic rings. The monoisotopic (exact) mass is 462 g/mol. The predicted octanol–water partition coefficient (Wildman–Crippen LogP) is 4.85. The Bertz CT molecular complexity index is 1100. The van der Waals surface area contributed by atoms with Crippen LogP contribution in [-0.2, 0) is 21.4 Å². The molecule has 0 aliphatic heterocycles. The highest BCUT2D eigenvalue weighted by molar-refractivity contribution is 7.92. The van der Waals surface area contributed by atoms with Crippen molar-refractivity contribution in [2.24, 2.45) is 0 Å². The first kappa shape index (κ1) is 22.2. The molecule has 0 aromatic heterocycles. The molecule has 0 bridgehead atoms. The van der Waals surface area contributed by atoms with Crippen LogP contribution in [0.15, 0.2) is 83.8 Å². The Hall–Kier alpha value is -2.54. The number of amides is 1. The van der Waals surface area contributed by atoms with Gasteiger partial charge in [-0.2, -0.15) is 0 Å². The van der Waals surface area contributed by atoms with E-state index in [1.165, 1.54) is 29.2 Å². The molecule has 3 aromatic rings. The van der Waals surface area contributed by atoms with Gasteiger partial charge in [-0.1, -0.05) is 53.5 Å². The van der Waals surface area contributed by atoms with E-state index in [0.29, 0.717) is 22.3 Å². The third-order valence-corrected chi connectivity index (χ3v) is 6.78. The summed E-state index contributed by atoms with van der Waals surface area (Å²) in [5, 5.41) is 1.04. The molecule has 30 heavy (non-hydrogen) atoms. The number of sulfonamides is 1. The van der Waals surface area contributed by atoms with E-state index in [2.05, 4.69) is 0 Å². The second-order valence-corrected chi connectivity index (χ2v) is 9.41. The van der Waals surface area contributed by atoms with Crippen LogP contribution in [0.5, 0.6) is 0 Å². The van der Waals surface area contributed by atoms with Crippen LogP contribution in [0.3, 0.4) is 0 Å². The average Bonchev–Trinajstić information content (AvgIpc) is 2.74. The van der Waals surface area contributed by atoms with Crippen molar-refractivity contribution >= 4 is 44.8 Å². The topological polar surface area (TPSA) is 57.7 Å². The lowest BCUT2D eigenvalue weighted by Crippen LogP contribution is -2.41. The fourth-order valence-corrected chi connectivity index (χ4v) is 4.50. The van der Waals surface area contributed by atoms with Gasteiger partial charge in [-0.3, -0.25) is 9.10 Å². The van der Waals surface area contributed by atoms with Gasteiger partial charge in [-0.25, -0.2) is 8.42 Å². The molecule has 0 N–H and O–H groups in total. The number of halogens is 2. The Balaban J connectivity index is 1.86. The van der Waals surface area contributed by atoms with E-state index in [1.54, 1.807) is 49.5 Å². The molecule has 0 saturated heterocycles. The number of carbonyl (C=O) groups excluding carboxylic acids is 1. The minimum Gasteiger partial charge on any atom is -0.340 e. The maximum absolute atomic E-state index is 13.3. The van der Waals surface area contributed by atoms with Crippen LogP contribution in [0.1, 0.15) is 5.56 Å². The average molecular weight is 463 g/mol. The van der Waals surface area contributed by atoms with Crippen LogP contribution in [0.25, 0.3) is 0 Å². The summed E-state index contributed by atoms with van der Waals surface area (Å²) in [4.78, 5) is 14.4. The zero-order chi connectivity index (χ0) is 21.7. The molecular formula is C22H20Cl2N2O3S. The summed E-state index contributed by atoms with van der Waals surface area (Å²) in [6.45, 7) is -0.00130. The maximum Gasteiger partial charge on any atom is 0.264 e. The third kappa shape index (κ3) is 5.33. The summed E-state index contributed by atoms with van der Waals surface area (Å²) in [5.41, 5.74) is 1.29. The molecule has 0 unspecified atom stereocenters. The van der Waals surface area contributed by atoms with Crippen LogP contribution in [0, 0.1) is 0 Å². The summed E-state index contributed by atoms with van der Waals surface area (Å²) >= 11 is 11.8. The molecule has 156 valence electrons. The van der Waals surface area contributed by atoms with Crippen molar-refractivity contribution in [3.63, 3.8) is 0 Å². The molecule has 0 atom stereocenters. The Labute approximate surface area is 186 Å². The van der Waals surface area contributed by atoms with Gasteiger partial charge >= 0.3 is 0 Å². The van der Waals surface area contributed by atoms with Crippen molar-refractivity contribution in [2.45, 2.75) is 11.4 Å². The Morgan fingerprint density at radius 1 is 0.833 bits per heavy atom. The number of anilines is 1. The van der Waals surface area contributed by atoms with Crippen molar-refractivity contribution in [1.29, 1.82) is 0 Å². The summed E-state index contributed by atoms with van der Waals surface area (Å²) in [5.74, 6) is -0.341. The molecule has 3 aromatic carbocycles. The van der Waals surface area contributed by atoms with Crippen molar-refractivity contribution in [1.82, 2.24) is 4.90 Å². The van der Waals surface area contributed by atoms with Crippen molar-refractivity contribution < 1.29 is 13.2 Å². The van der Waals surface area contributed by atoms with E-state index >= 15 is 0 Å². The molecule has 3 rings (SSSR count). The van der Waals surface area contributed by atoms with Crippen LogP contribution in [0.4, 0.5) is 5.69 Å². The van der Waals surface area contributed by atoms with E-state index in [0.717, 1.165) is 9.87 Å². The first-order valence-electron chi connectivity index (χ1n) is 9.09. The lowest BCUT2D eigenvalue weighted by Gasteiger charge is -2.26. The van der Waals surface area contributed by atoms with Gasteiger partial charge in [0.15, 0.2) is 0 Å². The van der Waals surface area contributed by atoms with Gasteiger partial charge < -0.3 is 4.90 Å². The van der Waals surface area contributed by atoms with Gasteiger partial charge in [0.25, 0.3) is 10.0 Å². The summed E-state index contributed by atoms with van der Waals surface area (Å²) in [6.07, 6.45) is 0. The first-order valence-corrected chi connectivity index (χ1v) is 11.3. The molecule has 5 nitrogen and oxygen atoms in total. The van der Waals surface area contributed by atoms with E-state index in [-0.39, 0.29) is 17.3 Å². The lowest BCUT2D eigenvalue weighted by atomic mass is 10.2. The highest BCUT2D eigenvalue weighted by Gasteiger charge is 2.28. The van der Waals surface area contributed by atoms with Gasteiger partial charge in [0.05, 0.1) is 10.6 Å². The Morgan fingerprint density at radius 2 is 1.37 bits per heavy atom. The van der Waals surface area contributed by atoms with Crippen LogP contribution in [0.2, 0.25) is 10.0 Å². The van der Waals surface area contributed by atoms with Crippen LogP contribution >= 0.6 is 23.2 Å². The molecule has 8 heteroatoms. The van der Waals surface area contributed by atoms with Gasteiger partial charge in [0.2, 0.25) is 5.91 Å². The van der Waals surface area contributed by atoms with Crippen molar-refractivity contribution in [2.75, 3.05) is 17.9 Å². The number of para-hydroxylation sites is 1. The number of carbonyl (C=O) groups is 1. The van der Waals surface area contributed by atoms with Gasteiger partial charge in [-0.15, -0.1) is 0 Å².